The molecule has 0 aliphatic rings. The summed E-state index contributed by atoms with van der Waals surface area (Å²) in [6, 6.07) is 0. The first-order chi connectivity index (χ1) is 7.07. The lowest BCUT2D eigenvalue weighted by molar-refractivity contribution is -0.384. The van der Waals surface area contributed by atoms with Crippen molar-refractivity contribution < 1.29 is 4.92 Å². The number of aromatic nitrogens is 2. The Morgan fingerprint density at radius 2 is 2.40 bits per heavy atom. The number of nitro groups is 1. The Morgan fingerprint density at radius 1 is 1.73 bits per heavy atom. The number of hydrogen-bond acceptors (Lipinski definition) is 4. The molecule has 0 saturated heterocycles. The average Bonchev–Trinajstić information content (AvgIpc) is 2.42. The molecule has 1 N–H and O–H groups in total. The highest BCUT2D eigenvalue weighted by molar-refractivity contribution is 5.59. The Bertz CT molecular complexity index is 384. The minimum Gasteiger partial charge on any atom is -0.364 e. The van der Waals surface area contributed by atoms with E-state index in [1.165, 1.54) is 4.68 Å². The van der Waals surface area contributed by atoms with Gasteiger partial charge in [-0.1, -0.05) is 6.08 Å². The lowest BCUT2D eigenvalue weighted by Gasteiger charge is -2.03. The van der Waals surface area contributed by atoms with Gasteiger partial charge in [-0.25, -0.2) is 4.68 Å². The smallest absolute Gasteiger partial charge is 0.333 e. The second-order valence-corrected chi connectivity index (χ2v) is 3.17. The lowest BCUT2D eigenvalue weighted by Crippen LogP contribution is -2.07. The van der Waals surface area contributed by atoms with Gasteiger partial charge in [-0.2, -0.15) is 5.10 Å². The van der Waals surface area contributed by atoms with Gasteiger partial charge in [-0.05, 0) is 13.3 Å². The molecule has 0 fully saturated rings. The highest BCUT2D eigenvalue weighted by Crippen LogP contribution is 2.26. The number of hydrogen-bond donors (Lipinski definition) is 1. The van der Waals surface area contributed by atoms with Gasteiger partial charge < -0.3 is 5.32 Å². The normalized spacial score (nSPS) is 10.0. The van der Waals surface area contributed by atoms with Gasteiger partial charge in [0.15, 0.2) is 0 Å². The van der Waals surface area contributed by atoms with Crippen LogP contribution in [0.2, 0.25) is 0 Å². The fraction of sp³-hybridized carbons (Fsp3) is 0.444. The molecule has 6 nitrogen and oxygen atoms in total. The van der Waals surface area contributed by atoms with E-state index < -0.39 is 4.92 Å². The Labute approximate surface area is 87.7 Å². The van der Waals surface area contributed by atoms with Crippen LogP contribution in [0.25, 0.3) is 0 Å². The topological polar surface area (TPSA) is 73.0 Å². The molecule has 0 bridgehead atoms. The summed E-state index contributed by atoms with van der Waals surface area (Å²) in [6.45, 7) is 5.82. The number of anilines is 1. The maximum absolute atomic E-state index is 10.8. The van der Waals surface area contributed by atoms with Crippen LogP contribution in [0.1, 0.15) is 12.1 Å². The predicted molar refractivity (Wildman–Crippen MR) is 57.9 cm³/mol. The largest absolute Gasteiger partial charge is 0.364 e. The lowest BCUT2D eigenvalue weighted by atomic mass is 10.3. The first-order valence-electron chi connectivity index (χ1n) is 4.60. The van der Waals surface area contributed by atoms with E-state index in [0.717, 1.165) is 6.42 Å². The maximum atomic E-state index is 10.8. The number of rotatable bonds is 5. The minimum absolute atomic E-state index is 0.0431. The van der Waals surface area contributed by atoms with Crippen molar-refractivity contribution in [2.24, 2.45) is 7.05 Å². The van der Waals surface area contributed by atoms with Crippen LogP contribution in [0, 0.1) is 17.0 Å². The highest BCUT2D eigenvalue weighted by atomic mass is 16.6. The van der Waals surface area contributed by atoms with Crippen molar-refractivity contribution >= 4 is 11.5 Å². The van der Waals surface area contributed by atoms with Crippen molar-refractivity contribution in [2.45, 2.75) is 13.3 Å². The zero-order valence-corrected chi connectivity index (χ0v) is 8.86. The van der Waals surface area contributed by atoms with Gasteiger partial charge in [0.05, 0.1) is 4.92 Å². The van der Waals surface area contributed by atoms with Gasteiger partial charge >= 0.3 is 5.69 Å². The minimum atomic E-state index is -0.418. The van der Waals surface area contributed by atoms with Gasteiger partial charge in [0.25, 0.3) is 0 Å². The molecule has 1 heterocycles. The van der Waals surface area contributed by atoms with E-state index >= 15 is 0 Å². The van der Waals surface area contributed by atoms with Crippen LogP contribution in [-0.4, -0.2) is 21.2 Å². The van der Waals surface area contributed by atoms with Crippen molar-refractivity contribution in [2.75, 3.05) is 11.9 Å². The third-order valence-corrected chi connectivity index (χ3v) is 2.01. The molecule has 0 saturated carbocycles. The van der Waals surface area contributed by atoms with Crippen molar-refractivity contribution in [3.8, 4) is 0 Å². The quantitative estimate of drug-likeness (QED) is 0.347. The summed E-state index contributed by atoms with van der Waals surface area (Å²) in [7, 11) is 1.68. The van der Waals surface area contributed by atoms with Crippen molar-refractivity contribution in [1.82, 2.24) is 9.78 Å². The van der Waals surface area contributed by atoms with Crippen LogP contribution in [0.5, 0.6) is 0 Å². The maximum Gasteiger partial charge on any atom is 0.333 e. The molecule has 0 unspecified atom stereocenters. The Hall–Kier alpha value is -1.85. The average molecular weight is 210 g/mol. The molecular weight excluding hydrogens is 196 g/mol. The summed E-state index contributed by atoms with van der Waals surface area (Å²) < 4.78 is 1.48. The van der Waals surface area contributed by atoms with Gasteiger partial charge in [-0.15, -0.1) is 6.58 Å². The Kier molecular flexibility index (Phi) is 3.43. The molecule has 1 rings (SSSR count). The van der Waals surface area contributed by atoms with Gasteiger partial charge in [0, 0.05) is 13.6 Å². The van der Waals surface area contributed by atoms with E-state index in [0.29, 0.717) is 18.1 Å². The van der Waals surface area contributed by atoms with Crippen LogP contribution < -0.4 is 5.32 Å². The van der Waals surface area contributed by atoms with E-state index in [1.807, 2.05) is 0 Å². The van der Waals surface area contributed by atoms with Crippen LogP contribution >= 0.6 is 0 Å². The second-order valence-electron chi connectivity index (χ2n) is 3.17. The van der Waals surface area contributed by atoms with E-state index in [-0.39, 0.29) is 5.69 Å². The molecule has 0 aliphatic heterocycles. The zero-order chi connectivity index (χ0) is 11.4. The van der Waals surface area contributed by atoms with E-state index in [2.05, 4.69) is 17.0 Å². The summed E-state index contributed by atoms with van der Waals surface area (Å²) in [6.07, 6.45) is 2.50. The van der Waals surface area contributed by atoms with Crippen molar-refractivity contribution in [1.29, 1.82) is 0 Å². The Balaban J connectivity index is 2.93. The zero-order valence-electron chi connectivity index (χ0n) is 8.86. The second kappa shape index (κ2) is 4.59. The number of nitrogens with zero attached hydrogens (tertiary/aromatic N) is 3. The fourth-order valence-corrected chi connectivity index (χ4v) is 1.36. The molecular formula is C9H14N4O2. The van der Waals surface area contributed by atoms with Crippen LogP contribution in [0.15, 0.2) is 12.7 Å². The molecule has 6 heteroatoms. The summed E-state index contributed by atoms with van der Waals surface area (Å²) in [5.41, 5.74) is 0.463. The molecule has 1 aromatic heterocycles. The summed E-state index contributed by atoms with van der Waals surface area (Å²) >= 11 is 0. The molecule has 82 valence electrons. The van der Waals surface area contributed by atoms with Gasteiger partial charge in [-0.3, -0.25) is 10.1 Å². The summed E-state index contributed by atoms with van der Waals surface area (Å²) in [4.78, 5) is 10.4. The first-order valence-corrected chi connectivity index (χ1v) is 4.60. The predicted octanol–water partition coefficient (Wildman–Crippen LogP) is 1.62. The van der Waals surface area contributed by atoms with Crippen LogP contribution in [-0.2, 0) is 7.05 Å². The van der Waals surface area contributed by atoms with E-state index in [4.69, 9.17) is 0 Å². The Morgan fingerprint density at radius 3 is 2.93 bits per heavy atom. The van der Waals surface area contributed by atoms with Crippen molar-refractivity contribution in [3.05, 3.63) is 28.5 Å². The van der Waals surface area contributed by atoms with Gasteiger partial charge in [0.2, 0.25) is 5.82 Å². The highest BCUT2D eigenvalue weighted by Gasteiger charge is 2.23. The van der Waals surface area contributed by atoms with E-state index in [1.54, 1.807) is 20.0 Å². The molecule has 0 spiro atoms. The number of nitrogens with one attached hydrogen (secondary N) is 1. The standard InChI is InChI=1S/C9H14N4O2/c1-4-5-6-10-9-8(13(14)15)7(2)11-12(9)3/h4,10H,1,5-6H2,2-3H3. The number of aryl methyl sites for hydroxylation is 2. The molecule has 0 amide bonds. The molecule has 15 heavy (non-hydrogen) atoms. The first kappa shape index (κ1) is 11.2. The summed E-state index contributed by atoms with van der Waals surface area (Å²) in [5, 5.41) is 17.8. The van der Waals surface area contributed by atoms with Crippen LogP contribution in [0.4, 0.5) is 11.5 Å². The SMILES string of the molecule is C=CCCNc1c([N+](=O)[O-])c(C)nn1C. The molecule has 1 aromatic rings. The third-order valence-electron chi connectivity index (χ3n) is 2.01. The molecule has 0 radical (unpaired) electrons. The van der Waals surface area contributed by atoms with E-state index in [9.17, 15) is 10.1 Å². The molecule has 0 atom stereocenters. The molecule has 0 aromatic carbocycles. The summed E-state index contributed by atoms with van der Waals surface area (Å²) in [5.74, 6) is 0.444. The molecule has 0 aliphatic carbocycles. The fourth-order valence-electron chi connectivity index (χ4n) is 1.36. The van der Waals surface area contributed by atoms with Gasteiger partial charge in [0.1, 0.15) is 5.69 Å². The van der Waals surface area contributed by atoms with Crippen molar-refractivity contribution in [3.63, 3.8) is 0 Å². The third kappa shape index (κ3) is 2.34. The monoisotopic (exact) mass is 210 g/mol. The van der Waals surface area contributed by atoms with Crippen LogP contribution in [0.3, 0.4) is 0 Å².